The number of halogens is 2. The minimum atomic E-state index is -1.08. The summed E-state index contributed by atoms with van der Waals surface area (Å²) in [6, 6.07) is 3.51. The van der Waals surface area contributed by atoms with E-state index in [4.69, 9.17) is 27.9 Å². The highest BCUT2D eigenvalue weighted by molar-refractivity contribution is 6.35. The highest BCUT2D eigenvalue weighted by Crippen LogP contribution is 2.53. The van der Waals surface area contributed by atoms with E-state index in [0.717, 1.165) is 11.3 Å². The largest absolute Gasteiger partial charge is 0.454 e. The highest BCUT2D eigenvalue weighted by Gasteiger charge is 2.61. The number of ether oxygens (including phenoxy) is 1. The van der Waals surface area contributed by atoms with Gasteiger partial charge in [-0.2, -0.15) is 0 Å². The summed E-state index contributed by atoms with van der Waals surface area (Å²) in [5.41, 5.74) is 0.288. The molecule has 1 aromatic rings. The topological polar surface area (TPSA) is 92.8 Å². The van der Waals surface area contributed by atoms with Crippen molar-refractivity contribution in [3.8, 4) is 0 Å². The third-order valence-electron chi connectivity index (χ3n) is 6.20. The number of esters is 1. The van der Waals surface area contributed by atoms with E-state index in [1.165, 1.54) is 12.1 Å². The Labute approximate surface area is 189 Å². The van der Waals surface area contributed by atoms with Crippen LogP contribution in [-0.4, -0.2) is 41.2 Å². The van der Waals surface area contributed by atoms with Crippen LogP contribution in [0.1, 0.15) is 20.3 Å². The fraction of sp³-hybridized carbons (Fsp3) is 0.455. The van der Waals surface area contributed by atoms with Gasteiger partial charge in [0, 0.05) is 5.02 Å². The Morgan fingerprint density at radius 1 is 1.13 bits per heavy atom. The lowest BCUT2D eigenvalue weighted by molar-refractivity contribution is -0.162. The van der Waals surface area contributed by atoms with Crippen LogP contribution in [0.25, 0.3) is 0 Å². The zero-order valence-corrected chi connectivity index (χ0v) is 18.5. The molecule has 9 heteroatoms. The van der Waals surface area contributed by atoms with Crippen LogP contribution in [-0.2, 0) is 23.9 Å². The van der Waals surface area contributed by atoms with Crippen molar-refractivity contribution in [1.29, 1.82) is 0 Å². The minimum absolute atomic E-state index is 0.0495. The number of imide groups is 1. The zero-order chi connectivity index (χ0) is 22.4. The SMILES string of the molecule is CC(C)[C@H](C(=O)OCC(=O)Nc1cc(Cl)ccc1Cl)N1C(=O)[C@H]2[C@H](C1=O)[C@H]1C=C[C@H]2C1. The Balaban J connectivity index is 1.43. The summed E-state index contributed by atoms with van der Waals surface area (Å²) < 4.78 is 5.18. The minimum Gasteiger partial charge on any atom is -0.454 e. The van der Waals surface area contributed by atoms with E-state index < -0.39 is 36.4 Å². The molecule has 1 aromatic carbocycles. The third-order valence-corrected chi connectivity index (χ3v) is 6.77. The van der Waals surface area contributed by atoms with Crippen molar-refractivity contribution in [1.82, 2.24) is 4.90 Å². The Bertz CT molecular complexity index is 962. The van der Waals surface area contributed by atoms with E-state index in [1.807, 2.05) is 12.2 Å². The van der Waals surface area contributed by atoms with Crippen LogP contribution in [0.4, 0.5) is 5.69 Å². The molecule has 2 bridgehead atoms. The summed E-state index contributed by atoms with van der Waals surface area (Å²) in [5, 5.41) is 3.20. The number of nitrogens with zero attached hydrogens (tertiary/aromatic N) is 1. The number of carbonyl (C=O) groups is 4. The standard InChI is InChI=1S/C22H22Cl2N2O5/c1-10(2)19(26-20(28)17-11-3-4-12(7-11)18(17)21(26)29)22(30)31-9-16(27)25-15-8-13(23)5-6-14(15)24/h3-6,8,10-12,17-19H,7,9H2,1-2H3,(H,25,27)/t11-,12-,17+,18+,19+/m0/s1. The fourth-order valence-corrected chi connectivity index (χ4v) is 5.21. The molecule has 5 atom stereocenters. The number of rotatable bonds is 6. The van der Waals surface area contributed by atoms with Gasteiger partial charge in [-0.25, -0.2) is 4.79 Å². The van der Waals surface area contributed by atoms with E-state index in [1.54, 1.807) is 19.9 Å². The van der Waals surface area contributed by atoms with Gasteiger partial charge in [-0.05, 0) is 42.4 Å². The molecule has 3 aliphatic rings. The van der Waals surface area contributed by atoms with E-state index in [2.05, 4.69) is 5.32 Å². The van der Waals surface area contributed by atoms with Gasteiger partial charge in [0.1, 0.15) is 6.04 Å². The lowest BCUT2D eigenvalue weighted by atomic mass is 9.85. The number of benzene rings is 1. The Morgan fingerprint density at radius 3 is 2.32 bits per heavy atom. The van der Waals surface area contributed by atoms with Crippen molar-refractivity contribution in [3.05, 3.63) is 40.4 Å². The molecular formula is C22H22Cl2N2O5. The molecule has 0 radical (unpaired) electrons. The van der Waals surface area contributed by atoms with Crippen LogP contribution in [0.2, 0.25) is 10.0 Å². The molecule has 2 fully saturated rings. The number of hydrogen-bond donors (Lipinski definition) is 1. The van der Waals surface area contributed by atoms with E-state index in [9.17, 15) is 19.2 Å². The first-order valence-corrected chi connectivity index (χ1v) is 10.9. The maximum atomic E-state index is 13.0. The van der Waals surface area contributed by atoms with Gasteiger partial charge in [-0.1, -0.05) is 49.2 Å². The maximum absolute atomic E-state index is 13.0. The molecule has 0 spiro atoms. The van der Waals surface area contributed by atoms with Crippen LogP contribution in [0.15, 0.2) is 30.4 Å². The number of hydrogen-bond acceptors (Lipinski definition) is 5. The first kappa shape index (κ1) is 21.8. The fourth-order valence-electron chi connectivity index (χ4n) is 4.88. The first-order valence-electron chi connectivity index (χ1n) is 10.2. The van der Waals surface area contributed by atoms with Crippen molar-refractivity contribution < 1.29 is 23.9 Å². The van der Waals surface area contributed by atoms with Gasteiger partial charge in [0.15, 0.2) is 6.61 Å². The van der Waals surface area contributed by atoms with Gasteiger partial charge in [0.05, 0.1) is 22.5 Å². The van der Waals surface area contributed by atoms with Crippen molar-refractivity contribution in [3.63, 3.8) is 0 Å². The van der Waals surface area contributed by atoms with Crippen molar-refractivity contribution in [2.24, 2.45) is 29.6 Å². The number of nitrogens with one attached hydrogen (secondary N) is 1. The summed E-state index contributed by atoms with van der Waals surface area (Å²) in [4.78, 5) is 52.2. The molecule has 31 heavy (non-hydrogen) atoms. The van der Waals surface area contributed by atoms with Gasteiger partial charge >= 0.3 is 5.97 Å². The van der Waals surface area contributed by atoms with E-state index in [-0.39, 0.29) is 40.3 Å². The lowest BCUT2D eigenvalue weighted by Crippen LogP contribution is -2.50. The average molecular weight is 465 g/mol. The average Bonchev–Trinajstić information content (AvgIpc) is 3.39. The number of allylic oxidation sites excluding steroid dienone is 2. The molecule has 1 saturated heterocycles. The number of fused-ring (bicyclic) bond motifs is 5. The summed E-state index contributed by atoms with van der Waals surface area (Å²) in [7, 11) is 0. The van der Waals surface area contributed by atoms with Gasteiger partial charge in [0.25, 0.3) is 5.91 Å². The molecule has 4 rings (SSSR count). The summed E-state index contributed by atoms with van der Waals surface area (Å²) >= 11 is 11.9. The third kappa shape index (κ3) is 3.85. The molecular weight excluding hydrogens is 443 g/mol. The lowest BCUT2D eigenvalue weighted by Gasteiger charge is -2.28. The molecule has 0 unspecified atom stereocenters. The van der Waals surface area contributed by atoms with Crippen LogP contribution in [0, 0.1) is 29.6 Å². The smallest absolute Gasteiger partial charge is 0.330 e. The van der Waals surface area contributed by atoms with E-state index >= 15 is 0 Å². The predicted octanol–water partition coefficient (Wildman–Crippen LogP) is 3.31. The van der Waals surface area contributed by atoms with Crippen LogP contribution < -0.4 is 5.32 Å². The van der Waals surface area contributed by atoms with Gasteiger partial charge in [-0.3, -0.25) is 19.3 Å². The molecule has 1 heterocycles. The molecule has 164 valence electrons. The van der Waals surface area contributed by atoms with E-state index in [0.29, 0.717) is 5.02 Å². The molecule has 0 aromatic heterocycles. The number of carbonyl (C=O) groups excluding carboxylic acids is 4. The maximum Gasteiger partial charge on any atom is 0.330 e. The van der Waals surface area contributed by atoms with Crippen LogP contribution in [0.3, 0.4) is 0 Å². The van der Waals surface area contributed by atoms with Crippen LogP contribution >= 0.6 is 23.2 Å². The first-order chi connectivity index (χ1) is 14.7. The number of amides is 3. The summed E-state index contributed by atoms with van der Waals surface area (Å²) in [5.74, 6) is -3.11. The van der Waals surface area contributed by atoms with Gasteiger partial charge in [0.2, 0.25) is 11.8 Å². The second kappa shape index (κ2) is 8.28. The Morgan fingerprint density at radius 2 is 1.74 bits per heavy atom. The quantitative estimate of drug-likeness (QED) is 0.396. The highest BCUT2D eigenvalue weighted by atomic mass is 35.5. The molecule has 2 aliphatic carbocycles. The van der Waals surface area contributed by atoms with Gasteiger partial charge < -0.3 is 10.1 Å². The summed E-state index contributed by atoms with van der Waals surface area (Å²) in [6.07, 6.45) is 4.80. The van der Waals surface area contributed by atoms with Crippen LogP contribution in [0.5, 0.6) is 0 Å². The Kier molecular flexibility index (Phi) is 5.83. The second-order valence-corrected chi connectivity index (χ2v) is 9.36. The van der Waals surface area contributed by atoms with Crippen molar-refractivity contribution >= 4 is 52.6 Å². The van der Waals surface area contributed by atoms with Crippen molar-refractivity contribution in [2.75, 3.05) is 11.9 Å². The summed E-state index contributed by atoms with van der Waals surface area (Å²) in [6.45, 7) is 2.89. The number of anilines is 1. The van der Waals surface area contributed by atoms with Crippen molar-refractivity contribution in [2.45, 2.75) is 26.3 Å². The molecule has 1 aliphatic heterocycles. The second-order valence-electron chi connectivity index (χ2n) is 8.52. The number of likely N-dealkylation sites (tertiary alicyclic amines) is 1. The Hall–Kier alpha value is -2.38. The van der Waals surface area contributed by atoms with Gasteiger partial charge in [-0.15, -0.1) is 0 Å². The normalized spacial score (nSPS) is 27.1. The molecule has 1 N–H and O–H groups in total. The molecule has 7 nitrogen and oxygen atoms in total. The molecule has 1 saturated carbocycles. The molecule has 3 amide bonds. The monoisotopic (exact) mass is 464 g/mol. The zero-order valence-electron chi connectivity index (χ0n) is 17.0. The predicted molar refractivity (Wildman–Crippen MR) is 114 cm³/mol.